The fourth-order valence-electron chi connectivity index (χ4n) is 3.77. The number of piperazine rings is 1. The maximum absolute atomic E-state index is 13.5. The molecule has 1 saturated heterocycles. The minimum Gasteiger partial charge on any atom is -0.496 e. The summed E-state index contributed by atoms with van der Waals surface area (Å²) < 4.78 is 19.0. The largest absolute Gasteiger partial charge is 0.496 e. The Balaban J connectivity index is 1.41. The molecule has 0 radical (unpaired) electrons. The maximum Gasteiger partial charge on any atom is 0.257 e. The third-order valence-corrected chi connectivity index (χ3v) is 5.66. The van der Waals surface area contributed by atoms with Gasteiger partial charge in [0.2, 0.25) is 0 Å². The summed E-state index contributed by atoms with van der Waals surface area (Å²) in [7, 11) is 1.65. The van der Waals surface area contributed by atoms with E-state index in [0.717, 1.165) is 24.4 Å². The minimum absolute atomic E-state index is 0.100. The Morgan fingerprint density at radius 2 is 1.94 bits per heavy atom. The van der Waals surface area contributed by atoms with Crippen molar-refractivity contribution >= 4 is 29.0 Å². The Bertz CT molecular complexity index is 1100. The van der Waals surface area contributed by atoms with Gasteiger partial charge in [-0.2, -0.15) is 0 Å². The van der Waals surface area contributed by atoms with Crippen LogP contribution < -0.4 is 10.1 Å². The van der Waals surface area contributed by atoms with Gasteiger partial charge in [0.05, 0.1) is 12.7 Å². The molecule has 166 valence electrons. The molecule has 32 heavy (non-hydrogen) atoms. The molecule has 1 fully saturated rings. The number of nitrogens with one attached hydrogen (secondary N) is 1. The average molecular weight is 455 g/mol. The predicted octanol–water partition coefficient (Wildman–Crippen LogP) is 4.58. The van der Waals surface area contributed by atoms with Crippen LogP contribution in [0.5, 0.6) is 5.75 Å². The van der Waals surface area contributed by atoms with Crippen molar-refractivity contribution in [1.82, 2.24) is 14.8 Å². The number of ether oxygens (including phenoxy) is 1. The molecule has 1 aliphatic rings. The smallest absolute Gasteiger partial charge is 0.257 e. The van der Waals surface area contributed by atoms with Gasteiger partial charge in [-0.25, -0.2) is 9.37 Å². The molecule has 0 aliphatic carbocycles. The predicted molar refractivity (Wildman–Crippen MR) is 123 cm³/mol. The van der Waals surface area contributed by atoms with E-state index in [1.165, 1.54) is 12.1 Å². The highest BCUT2D eigenvalue weighted by atomic mass is 35.5. The van der Waals surface area contributed by atoms with E-state index < -0.39 is 0 Å². The molecular weight excluding hydrogens is 431 g/mol. The van der Waals surface area contributed by atoms with Crippen molar-refractivity contribution in [2.75, 3.05) is 38.6 Å². The summed E-state index contributed by atoms with van der Waals surface area (Å²) in [5.41, 5.74) is 2.02. The highest BCUT2D eigenvalue weighted by Crippen LogP contribution is 2.25. The first kappa shape index (κ1) is 22.0. The monoisotopic (exact) mass is 454 g/mol. The lowest BCUT2D eigenvalue weighted by Crippen LogP contribution is -2.48. The molecule has 4 rings (SSSR count). The summed E-state index contributed by atoms with van der Waals surface area (Å²) in [6, 6.07) is 15.1. The van der Waals surface area contributed by atoms with Gasteiger partial charge in [0, 0.05) is 55.2 Å². The first-order valence-electron chi connectivity index (χ1n) is 10.3. The van der Waals surface area contributed by atoms with Crippen molar-refractivity contribution in [3.8, 4) is 5.75 Å². The third kappa shape index (κ3) is 5.18. The number of benzene rings is 2. The molecule has 0 bridgehead atoms. The molecule has 0 unspecified atom stereocenters. The lowest BCUT2D eigenvalue weighted by atomic mass is 10.1. The van der Waals surface area contributed by atoms with E-state index in [9.17, 15) is 9.18 Å². The minimum atomic E-state index is -0.355. The summed E-state index contributed by atoms with van der Waals surface area (Å²) in [6.07, 6.45) is 1.61. The van der Waals surface area contributed by atoms with E-state index in [0.29, 0.717) is 41.7 Å². The number of rotatable bonds is 6. The molecule has 1 N–H and O–H groups in total. The fourth-order valence-corrected chi connectivity index (χ4v) is 3.97. The van der Waals surface area contributed by atoms with Crippen molar-refractivity contribution in [2.45, 2.75) is 6.54 Å². The third-order valence-electron chi connectivity index (χ3n) is 5.42. The van der Waals surface area contributed by atoms with Gasteiger partial charge in [-0.3, -0.25) is 9.69 Å². The highest BCUT2D eigenvalue weighted by Gasteiger charge is 2.25. The topological polar surface area (TPSA) is 57.7 Å². The number of hydrogen-bond donors (Lipinski definition) is 1. The van der Waals surface area contributed by atoms with E-state index in [-0.39, 0.29) is 11.7 Å². The zero-order valence-corrected chi connectivity index (χ0v) is 18.5. The maximum atomic E-state index is 13.5. The van der Waals surface area contributed by atoms with Crippen molar-refractivity contribution in [1.29, 1.82) is 0 Å². The van der Waals surface area contributed by atoms with Crippen LogP contribution in [0.2, 0.25) is 5.02 Å². The van der Waals surface area contributed by atoms with Gasteiger partial charge in [0.15, 0.2) is 0 Å². The second-order valence-corrected chi connectivity index (χ2v) is 8.00. The van der Waals surface area contributed by atoms with E-state index in [4.69, 9.17) is 16.3 Å². The van der Waals surface area contributed by atoms with Gasteiger partial charge in [0.25, 0.3) is 5.91 Å². The average Bonchev–Trinajstić information content (AvgIpc) is 2.80. The Labute approximate surface area is 191 Å². The van der Waals surface area contributed by atoms with E-state index in [1.807, 2.05) is 23.1 Å². The van der Waals surface area contributed by atoms with Gasteiger partial charge >= 0.3 is 0 Å². The van der Waals surface area contributed by atoms with Gasteiger partial charge in [-0.1, -0.05) is 17.7 Å². The molecule has 2 heterocycles. The number of nitrogens with zero attached hydrogens (tertiary/aromatic N) is 3. The number of methoxy groups -OCH3 is 1. The Morgan fingerprint density at radius 1 is 1.12 bits per heavy atom. The molecule has 1 aromatic heterocycles. The molecule has 1 aliphatic heterocycles. The molecule has 1 amide bonds. The lowest BCUT2D eigenvalue weighted by Gasteiger charge is -2.35. The van der Waals surface area contributed by atoms with Crippen LogP contribution in [-0.4, -0.2) is 54.0 Å². The van der Waals surface area contributed by atoms with Crippen LogP contribution in [0.4, 0.5) is 15.9 Å². The molecule has 2 aromatic carbocycles. The van der Waals surface area contributed by atoms with E-state index in [2.05, 4.69) is 15.2 Å². The molecular formula is C24H24ClFN4O2. The number of hydrogen-bond acceptors (Lipinski definition) is 5. The summed E-state index contributed by atoms with van der Waals surface area (Å²) in [4.78, 5) is 21.6. The van der Waals surface area contributed by atoms with Crippen LogP contribution in [0.3, 0.4) is 0 Å². The summed E-state index contributed by atoms with van der Waals surface area (Å²) >= 11 is 6.15. The van der Waals surface area contributed by atoms with Gasteiger partial charge in [-0.15, -0.1) is 0 Å². The number of carbonyl (C=O) groups excluding carboxylic acids is 1. The van der Waals surface area contributed by atoms with Crippen LogP contribution in [0.25, 0.3) is 0 Å². The van der Waals surface area contributed by atoms with Gasteiger partial charge in [-0.05, 0) is 48.5 Å². The van der Waals surface area contributed by atoms with Crippen molar-refractivity contribution in [3.05, 3.63) is 82.8 Å². The molecule has 0 spiro atoms. The Morgan fingerprint density at radius 3 is 2.69 bits per heavy atom. The van der Waals surface area contributed by atoms with Crippen LogP contribution in [0.15, 0.2) is 60.8 Å². The number of carbonyl (C=O) groups is 1. The van der Waals surface area contributed by atoms with E-state index in [1.54, 1.807) is 37.6 Å². The second-order valence-electron chi connectivity index (χ2n) is 7.56. The number of pyridine rings is 1. The quantitative estimate of drug-likeness (QED) is 0.590. The summed E-state index contributed by atoms with van der Waals surface area (Å²) in [5.74, 6) is 0.758. The van der Waals surface area contributed by atoms with Crippen LogP contribution in [-0.2, 0) is 6.54 Å². The summed E-state index contributed by atoms with van der Waals surface area (Å²) in [5, 5.41) is 3.73. The van der Waals surface area contributed by atoms with Crippen LogP contribution >= 0.6 is 11.6 Å². The van der Waals surface area contributed by atoms with E-state index >= 15 is 0 Å². The summed E-state index contributed by atoms with van der Waals surface area (Å²) in [6.45, 7) is 3.35. The number of anilines is 2. The molecule has 0 atom stereocenters. The van der Waals surface area contributed by atoms with Gasteiger partial charge < -0.3 is 15.0 Å². The normalized spacial score (nSPS) is 14.3. The first-order chi connectivity index (χ1) is 15.5. The highest BCUT2D eigenvalue weighted by molar-refractivity contribution is 6.30. The van der Waals surface area contributed by atoms with Crippen LogP contribution in [0.1, 0.15) is 15.9 Å². The number of aromatic nitrogens is 1. The Kier molecular flexibility index (Phi) is 6.87. The first-order valence-corrected chi connectivity index (χ1v) is 10.7. The SMILES string of the molecule is COc1ccc(Cl)cc1CN1CCN(C(=O)c2cccnc2Nc2cccc(F)c2)CC1. The fraction of sp³-hybridized carbons (Fsp3) is 0.250. The van der Waals surface area contributed by atoms with Crippen molar-refractivity contribution < 1.29 is 13.9 Å². The molecule has 8 heteroatoms. The lowest BCUT2D eigenvalue weighted by molar-refractivity contribution is 0.0628. The van der Waals surface area contributed by atoms with Crippen LogP contribution in [0, 0.1) is 5.82 Å². The Hall–Kier alpha value is -3.16. The molecule has 6 nitrogen and oxygen atoms in total. The number of halogens is 2. The van der Waals surface area contributed by atoms with Gasteiger partial charge in [0.1, 0.15) is 17.4 Å². The zero-order valence-electron chi connectivity index (χ0n) is 17.7. The zero-order chi connectivity index (χ0) is 22.5. The number of amides is 1. The molecule has 3 aromatic rings. The van der Waals surface area contributed by atoms with Crippen molar-refractivity contribution in [2.24, 2.45) is 0 Å². The standard InChI is InChI=1S/C24H24ClFN4O2/c1-32-22-8-7-18(25)14-17(22)16-29-10-12-30(13-11-29)24(31)21-6-3-9-27-23(21)28-20-5-2-4-19(26)15-20/h2-9,14-15H,10-13,16H2,1H3,(H,27,28). The molecule has 0 saturated carbocycles. The second kappa shape index (κ2) is 9.97. The van der Waals surface area contributed by atoms with Crippen molar-refractivity contribution in [3.63, 3.8) is 0 Å².